The Morgan fingerprint density at radius 2 is 1.78 bits per heavy atom. The number of halogens is 3. The Balaban J connectivity index is 1.62. The van der Waals surface area contributed by atoms with Gasteiger partial charge in [0.2, 0.25) is 5.91 Å². The number of carbonyl (C=O) groups is 1. The second-order valence-electron chi connectivity index (χ2n) is 7.07. The first-order valence-corrected chi connectivity index (χ1v) is 9.71. The zero-order valence-corrected chi connectivity index (χ0v) is 16.8. The molecule has 0 saturated carbocycles. The molecule has 32 heavy (non-hydrogen) atoms. The molecule has 2 heterocycles. The first-order valence-electron chi connectivity index (χ1n) is 9.71. The highest BCUT2D eigenvalue weighted by molar-refractivity contribution is 5.94. The average Bonchev–Trinajstić information content (AvgIpc) is 2.78. The molecule has 0 saturated heterocycles. The van der Waals surface area contributed by atoms with Gasteiger partial charge in [-0.2, -0.15) is 18.3 Å². The summed E-state index contributed by atoms with van der Waals surface area (Å²) in [6.07, 6.45) is -4.64. The van der Waals surface area contributed by atoms with Crippen LogP contribution >= 0.6 is 0 Å². The van der Waals surface area contributed by atoms with E-state index in [2.05, 4.69) is 10.4 Å². The van der Waals surface area contributed by atoms with Crippen LogP contribution in [0.4, 0.5) is 18.9 Å². The minimum absolute atomic E-state index is 0.386. The van der Waals surface area contributed by atoms with Crippen LogP contribution in [0.2, 0.25) is 0 Å². The summed E-state index contributed by atoms with van der Waals surface area (Å²) in [6.45, 7) is 2.23. The summed E-state index contributed by atoms with van der Waals surface area (Å²) in [5.41, 5.74) is -0.938. The smallest absolute Gasteiger partial charge is 0.418 e. The van der Waals surface area contributed by atoms with Gasteiger partial charge < -0.3 is 14.8 Å². The van der Waals surface area contributed by atoms with Crippen molar-refractivity contribution in [2.24, 2.45) is 0 Å². The normalized spacial score (nSPS) is 14.0. The number of nitrogens with zero attached hydrogens (tertiary/aromatic N) is 2. The Kier molecular flexibility index (Phi) is 5.60. The molecule has 7 nitrogen and oxygen atoms in total. The largest absolute Gasteiger partial charge is 0.486 e. The molecule has 1 N–H and O–H groups in total. The third-order valence-corrected chi connectivity index (χ3v) is 4.90. The lowest BCUT2D eigenvalue weighted by Crippen LogP contribution is -2.33. The number of hydrogen-bond acceptors (Lipinski definition) is 5. The van der Waals surface area contributed by atoms with Crippen molar-refractivity contribution < 1.29 is 27.4 Å². The van der Waals surface area contributed by atoms with Gasteiger partial charge in [-0.05, 0) is 43.3 Å². The van der Waals surface area contributed by atoms with Crippen molar-refractivity contribution >= 4 is 11.6 Å². The molecule has 3 aromatic rings. The number of alkyl halides is 3. The Bertz CT molecular complexity index is 1220. The van der Waals surface area contributed by atoms with Crippen LogP contribution in [-0.4, -0.2) is 28.9 Å². The van der Waals surface area contributed by atoms with E-state index in [1.54, 1.807) is 18.2 Å². The molecule has 1 amide bonds. The molecular formula is C22H18F3N3O4. The summed E-state index contributed by atoms with van der Waals surface area (Å²) < 4.78 is 51.6. The van der Waals surface area contributed by atoms with Gasteiger partial charge in [0.15, 0.2) is 11.5 Å². The number of aromatic nitrogens is 2. The van der Waals surface area contributed by atoms with E-state index < -0.39 is 34.9 Å². The highest BCUT2D eigenvalue weighted by atomic mass is 19.4. The van der Waals surface area contributed by atoms with Crippen LogP contribution in [0.25, 0.3) is 11.3 Å². The number of fused-ring (bicyclic) bond motifs is 1. The number of benzene rings is 2. The SMILES string of the molecule is C[C@H](C(=O)Nc1ccccc1C(F)(F)F)n1nc(-c2ccc3c(c2)OCCO3)ccc1=O. The molecule has 2 aromatic carbocycles. The number of rotatable bonds is 4. The van der Waals surface area contributed by atoms with Crippen LogP contribution < -0.4 is 20.3 Å². The number of hydrogen-bond donors (Lipinski definition) is 1. The highest BCUT2D eigenvalue weighted by Crippen LogP contribution is 2.35. The molecule has 1 aromatic heterocycles. The fourth-order valence-electron chi connectivity index (χ4n) is 3.25. The predicted octanol–water partition coefficient (Wildman–Crippen LogP) is 3.90. The molecule has 0 unspecified atom stereocenters. The summed E-state index contributed by atoms with van der Waals surface area (Å²) in [5, 5.41) is 6.50. The minimum atomic E-state index is -4.64. The maximum atomic E-state index is 13.2. The molecule has 0 fully saturated rings. The quantitative estimate of drug-likeness (QED) is 0.659. The van der Waals surface area contributed by atoms with Gasteiger partial charge >= 0.3 is 6.18 Å². The summed E-state index contributed by atoms with van der Waals surface area (Å²) in [7, 11) is 0. The van der Waals surface area contributed by atoms with E-state index in [0.29, 0.717) is 36.0 Å². The molecule has 166 valence electrons. The fourth-order valence-corrected chi connectivity index (χ4v) is 3.25. The van der Waals surface area contributed by atoms with Crippen molar-refractivity contribution in [3.05, 3.63) is 70.5 Å². The molecule has 4 rings (SSSR count). The number of ether oxygens (including phenoxy) is 2. The van der Waals surface area contributed by atoms with Gasteiger partial charge in [-0.3, -0.25) is 9.59 Å². The molecule has 0 radical (unpaired) electrons. The van der Waals surface area contributed by atoms with Crippen molar-refractivity contribution in [1.82, 2.24) is 9.78 Å². The second kappa shape index (κ2) is 8.37. The molecule has 0 spiro atoms. The Morgan fingerprint density at radius 3 is 2.53 bits per heavy atom. The lowest BCUT2D eigenvalue weighted by atomic mass is 10.1. The number of carbonyl (C=O) groups excluding carboxylic acids is 1. The maximum Gasteiger partial charge on any atom is 0.418 e. The first-order chi connectivity index (χ1) is 15.2. The van der Waals surface area contributed by atoms with Crippen LogP contribution in [0.15, 0.2) is 59.4 Å². The number of anilines is 1. The van der Waals surface area contributed by atoms with Crippen molar-refractivity contribution in [2.75, 3.05) is 18.5 Å². The monoisotopic (exact) mass is 445 g/mol. The third kappa shape index (κ3) is 4.29. The first kappa shape index (κ1) is 21.4. The van der Waals surface area contributed by atoms with Gasteiger partial charge in [0.25, 0.3) is 5.56 Å². The van der Waals surface area contributed by atoms with Crippen LogP contribution in [0.5, 0.6) is 11.5 Å². The second-order valence-corrected chi connectivity index (χ2v) is 7.07. The van der Waals surface area contributed by atoms with Crippen molar-refractivity contribution in [3.8, 4) is 22.8 Å². The van der Waals surface area contributed by atoms with Gasteiger partial charge in [0.1, 0.15) is 19.3 Å². The third-order valence-electron chi connectivity index (χ3n) is 4.90. The minimum Gasteiger partial charge on any atom is -0.486 e. The van der Waals surface area contributed by atoms with Crippen LogP contribution in [-0.2, 0) is 11.0 Å². The van der Waals surface area contributed by atoms with Crippen LogP contribution in [0.3, 0.4) is 0 Å². The Hall–Kier alpha value is -3.82. The van der Waals surface area contributed by atoms with E-state index in [9.17, 15) is 22.8 Å². The van der Waals surface area contributed by atoms with Crippen molar-refractivity contribution in [1.29, 1.82) is 0 Å². The van der Waals surface area contributed by atoms with Gasteiger partial charge in [0, 0.05) is 11.6 Å². The fraction of sp³-hybridized carbons (Fsp3) is 0.227. The van der Waals surface area contributed by atoms with Crippen LogP contribution in [0, 0.1) is 0 Å². The van der Waals surface area contributed by atoms with Crippen LogP contribution in [0.1, 0.15) is 18.5 Å². The molecule has 0 aliphatic carbocycles. The molecule has 1 aliphatic heterocycles. The van der Waals surface area contributed by atoms with Crippen molar-refractivity contribution in [2.45, 2.75) is 19.1 Å². The van der Waals surface area contributed by atoms with E-state index in [1.807, 2.05) is 0 Å². The topological polar surface area (TPSA) is 82.5 Å². The lowest BCUT2D eigenvalue weighted by Gasteiger charge is -2.19. The van der Waals surface area contributed by atoms with E-state index in [4.69, 9.17) is 9.47 Å². The highest BCUT2D eigenvalue weighted by Gasteiger charge is 2.34. The summed E-state index contributed by atoms with van der Waals surface area (Å²) >= 11 is 0. The summed E-state index contributed by atoms with van der Waals surface area (Å²) in [4.78, 5) is 25.0. The maximum absolute atomic E-state index is 13.2. The van der Waals surface area contributed by atoms with E-state index >= 15 is 0 Å². The van der Waals surface area contributed by atoms with Gasteiger partial charge in [0.05, 0.1) is 16.9 Å². The molecule has 1 aliphatic rings. The zero-order chi connectivity index (χ0) is 22.9. The Labute approximate surface area is 180 Å². The number of para-hydroxylation sites is 1. The summed E-state index contributed by atoms with van der Waals surface area (Å²) in [5.74, 6) is 0.308. The van der Waals surface area contributed by atoms with Crippen molar-refractivity contribution in [3.63, 3.8) is 0 Å². The number of nitrogens with one attached hydrogen (secondary N) is 1. The summed E-state index contributed by atoms with van der Waals surface area (Å²) in [6, 6.07) is 11.3. The van der Waals surface area contributed by atoms with Gasteiger partial charge in [-0.25, -0.2) is 4.68 Å². The standard InChI is InChI=1S/C22H18F3N3O4/c1-13(21(30)26-17-5-3-2-4-15(17)22(23,24)25)28-20(29)9-7-16(27-28)14-6-8-18-19(12-14)32-11-10-31-18/h2-9,12-13H,10-11H2,1H3,(H,26,30)/t13-/m1/s1. The predicted molar refractivity (Wildman–Crippen MR) is 110 cm³/mol. The average molecular weight is 445 g/mol. The molecule has 0 bridgehead atoms. The van der Waals surface area contributed by atoms with E-state index in [-0.39, 0.29) is 0 Å². The number of amides is 1. The van der Waals surface area contributed by atoms with Gasteiger partial charge in [-0.15, -0.1) is 0 Å². The Morgan fingerprint density at radius 1 is 1.06 bits per heavy atom. The van der Waals surface area contributed by atoms with E-state index in [0.717, 1.165) is 16.8 Å². The van der Waals surface area contributed by atoms with Gasteiger partial charge in [-0.1, -0.05) is 12.1 Å². The molecule has 1 atom stereocenters. The lowest BCUT2D eigenvalue weighted by molar-refractivity contribution is -0.137. The molecular weight excluding hydrogens is 427 g/mol. The molecule has 10 heteroatoms. The van der Waals surface area contributed by atoms with E-state index in [1.165, 1.54) is 31.2 Å². The zero-order valence-electron chi connectivity index (χ0n) is 16.8.